The summed E-state index contributed by atoms with van der Waals surface area (Å²) >= 11 is 0. The maximum Gasteiger partial charge on any atom is 0.455 e. The van der Waals surface area contributed by atoms with E-state index in [0.717, 1.165) is 42.4 Å². The number of benzene rings is 1. The van der Waals surface area contributed by atoms with Gasteiger partial charge in [-0.3, -0.25) is 14.5 Å². The van der Waals surface area contributed by atoms with Crippen LogP contribution in [0.5, 0.6) is 0 Å². The third-order valence-corrected chi connectivity index (χ3v) is 9.89. The van der Waals surface area contributed by atoms with E-state index in [1.165, 1.54) is 12.0 Å². The molecule has 1 aromatic carbocycles. The van der Waals surface area contributed by atoms with E-state index in [1.54, 1.807) is 11.0 Å². The predicted molar refractivity (Wildman–Crippen MR) is 162 cm³/mol. The monoisotopic (exact) mass is 571 g/mol. The van der Waals surface area contributed by atoms with Crippen LogP contribution >= 0.6 is 0 Å². The first-order valence-electron chi connectivity index (χ1n) is 15.7. The van der Waals surface area contributed by atoms with Gasteiger partial charge in [-0.25, -0.2) is 0 Å². The van der Waals surface area contributed by atoms with Gasteiger partial charge in [0.05, 0.1) is 17.9 Å². The lowest BCUT2D eigenvalue weighted by Gasteiger charge is -2.44. The number of furan rings is 1. The Kier molecular flexibility index (Phi) is 8.57. The van der Waals surface area contributed by atoms with Crippen molar-refractivity contribution in [2.24, 2.45) is 23.7 Å². The number of rotatable bonds is 8. The Bertz CT molecular complexity index is 1360. The number of nitrogens with zero attached hydrogens (tertiary/aromatic N) is 1. The van der Waals surface area contributed by atoms with Crippen molar-refractivity contribution in [2.75, 3.05) is 0 Å². The second-order valence-electron chi connectivity index (χ2n) is 12.8. The lowest BCUT2D eigenvalue weighted by molar-refractivity contribution is -0.143. The molecule has 0 spiro atoms. The van der Waals surface area contributed by atoms with Gasteiger partial charge in [-0.2, -0.15) is 0 Å². The summed E-state index contributed by atoms with van der Waals surface area (Å²) in [5.41, 5.74) is 4.48. The van der Waals surface area contributed by atoms with Crippen LogP contribution < -0.4 is 0 Å². The second-order valence-corrected chi connectivity index (χ2v) is 12.8. The first-order valence-corrected chi connectivity index (χ1v) is 15.7. The van der Waals surface area contributed by atoms with E-state index in [4.69, 9.17) is 9.07 Å². The lowest BCUT2D eigenvalue weighted by Crippen LogP contribution is -2.47. The molecule has 0 unspecified atom stereocenters. The van der Waals surface area contributed by atoms with Crippen LogP contribution in [0.2, 0.25) is 6.32 Å². The molecule has 1 aromatic heterocycles. The van der Waals surface area contributed by atoms with E-state index >= 15 is 0 Å². The van der Waals surface area contributed by atoms with Gasteiger partial charge < -0.3 is 19.2 Å². The average molecular weight is 572 g/mol. The number of likely N-dealkylation sites (tertiary alicyclic amines) is 1. The molecule has 0 radical (unpaired) electrons. The standard InChI is InChI=1S/C34H42BNO6/c1-21(2)27-18-28-32(34(39)36(33(28)38)24-11-7-4-8-12-24)29-19-35(40)42-30(31(27)29)16-13-23(22-9-5-3-6-10-22)17-25-14-15-26(20-37)41-25/h3,5-6,9-10,14-15,17,21,24,28-30,32,37,40H,4,7-8,11-13,16,18-20H2,1-2H3/b23-17-/t28-,29+,30-,32-/m1/s1. The van der Waals surface area contributed by atoms with Gasteiger partial charge in [-0.05, 0) is 85.2 Å². The summed E-state index contributed by atoms with van der Waals surface area (Å²) in [6.07, 6.45) is 8.97. The Balaban J connectivity index is 1.31. The van der Waals surface area contributed by atoms with E-state index in [9.17, 15) is 19.7 Å². The highest BCUT2D eigenvalue weighted by Crippen LogP contribution is 2.53. The summed E-state index contributed by atoms with van der Waals surface area (Å²) in [5.74, 6) is 0.414. The van der Waals surface area contributed by atoms with Crippen LogP contribution in [0.4, 0.5) is 0 Å². The Morgan fingerprint density at radius 1 is 1.05 bits per heavy atom. The van der Waals surface area contributed by atoms with Crippen molar-refractivity contribution < 1.29 is 28.8 Å². The topological polar surface area (TPSA) is 100 Å². The number of hydrogen-bond donors (Lipinski definition) is 2. The van der Waals surface area contributed by atoms with Crippen LogP contribution in [-0.4, -0.2) is 46.1 Å². The highest BCUT2D eigenvalue weighted by atomic mass is 16.5. The number of aliphatic hydroxyl groups is 1. The number of amides is 2. The van der Waals surface area contributed by atoms with Crippen LogP contribution in [-0.2, 0) is 20.9 Å². The molecule has 42 heavy (non-hydrogen) atoms. The smallest absolute Gasteiger partial charge is 0.455 e. The summed E-state index contributed by atoms with van der Waals surface area (Å²) in [7, 11) is -0.983. The fraction of sp³-hybridized carbons (Fsp3) is 0.529. The molecule has 3 heterocycles. The SMILES string of the molecule is CC(C)C1=C2[C@@H](CC/C(=C/c3ccc(CO)o3)c3ccccc3)OB(O)C[C@@H]2[C@@H]2C(=O)N(C3CCCCC3)C(=O)[C@@H]2C1. The number of carbonyl (C=O) groups excluding carboxylic acids is 2. The summed E-state index contributed by atoms with van der Waals surface area (Å²) < 4.78 is 12.0. The van der Waals surface area contributed by atoms with Crippen LogP contribution in [0, 0.1) is 23.7 Å². The molecule has 222 valence electrons. The van der Waals surface area contributed by atoms with Gasteiger partial charge in [0.2, 0.25) is 11.8 Å². The summed E-state index contributed by atoms with van der Waals surface area (Å²) in [4.78, 5) is 29.4. The molecule has 6 rings (SSSR count). The molecular formula is C34H42BNO6. The third-order valence-electron chi connectivity index (χ3n) is 9.89. The van der Waals surface area contributed by atoms with Crippen LogP contribution in [0.25, 0.3) is 11.6 Å². The van der Waals surface area contributed by atoms with Crippen molar-refractivity contribution in [1.29, 1.82) is 0 Å². The van der Waals surface area contributed by atoms with Gasteiger partial charge >= 0.3 is 7.12 Å². The largest absolute Gasteiger partial charge is 0.459 e. The Morgan fingerprint density at radius 2 is 1.81 bits per heavy atom. The third kappa shape index (κ3) is 5.57. The number of hydrogen-bond acceptors (Lipinski definition) is 6. The van der Waals surface area contributed by atoms with Gasteiger partial charge in [-0.15, -0.1) is 0 Å². The first kappa shape index (κ1) is 29.2. The minimum Gasteiger partial charge on any atom is -0.459 e. The van der Waals surface area contributed by atoms with Crippen molar-refractivity contribution in [3.8, 4) is 0 Å². The molecule has 7 nitrogen and oxygen atoms in total. The molecule has 4 atom stereocenters. The van der Waals surface area contributed by atoms with Crippen molar-refractivity contribution in [2.45, 2.75) is 90.3 Å². The fourth-order valence-corrected chi connectivity index (χ4v) is 7.94. The zero-order valence-corrected chi connectivity index (χ0v) is 24.7. The second kappa shape index (κ2) is 12.4. The van der Waals surface area contributed by atoms with Gasteiger partial charge in [0.1, 0.15) is 18.1 Å². The zero-order valence-electron chi connectivity index (χ0n) is 24.7. The Labute approximate surface area is 248 Å². The van der Waals surface area contributed by atoms with Crippen LogP contribution in [0.1, 0.15) is 82.3 Å². The maximum absolute atomic E-state index is 14.0. The minimum absolute atomic E-state index is 0.00150. The molecule has 2 N–H and O–H groups in total. The van der Waals surface area contributed by atoms with Crippen LogP contribution in [0.3, 0.4) is 0 Å². The van der Waals surface area contributed by atoms with Gasteiger partial charge in [-0.1, -0.05) is 69.0 Å². The molecule has 0 bridgehead atoms. The van der Waals surface area contributed by atoms with E-state index in [-0.39, 0.29) is 48.3 Å². The van der Waals surface area contributed by atoms with E-state index in [0.29, 0.717) is 37.1 Å². The van der Waals surface area contributed by atoms with Gasteiger partial charge in [0.25, 0.3) is 0 Å². The molecule has 2 aliphatic heterocycles. The normalized spacial score (nSPS) is 27.2. The number of carbonyl (C=O) groups is 2. The fourth-order valence-electron chi connectivity index (χ4n) is 7.94. The van der Waals surface area contributed by atoms with Gasteiger partial charge in [0, 0.05) is 6.04 Å². The molecule has 8 heteroatoms. The van der Waals surface area contributed by atoms with Crippen molar-refractivity contribution in [3.05, 3.63) is 70.7 Å². The van der Waals surface area contributed by atoms with Crippen molar-refractivity contribution in [1.82, 2.24) is 4.90 Å². The van der Waals surface area contributed by atoms with Gasteiger partial charge in [0.15, 0.2) is 0 Å². The highest BCUT2D eigenvalue weighted by Gasteiger charge is 2.58. The predicted octanol–water partition coefficient (Wildman–Crippen LogP) is 5.88. The summed E-state index contributed by atoms with van der Waals surface area (Å²) in [5, 5.41) is 20.4. The molecule has 4 aliphatic rings. The molecular weight excluding hydrogens is 529 g/mol. The zero-order chi connectivity index (χ0) is 29.4. The maximum atomic E-state index is 14.0. The number of allylic oxidation sites excluding steroid dienone is 2. The molecule has 2 saturated heterocycles. The lowest BCUT2D eigenvalue weighted by atomic mass is 9.57. The average Bonchev–Trinajstić information content (AvgIpc) is 3.56. The molecule has 3 fully saturated rings. The molecule has 1 saturated carbocycles. The highest BCUT2D eigenvalue weighted by molar-refractivity contribution is 6.43. The molecule has 2 amide bonds. The van der Waals surface area contributed by atoms with Crippen LogP contribution in [0.15, 0.2) is 58.0 Å². The molecule has 2 aliphatic carbocycles. The first-order chi connectivity index (χ1) is 20.4. The number of imide groups is 1. The summed E-state index contributed by atoms with van der Waals surface area (Å²) in [6, 6.07) is 13.8. The Hall–Kier alpha value is -2.94. The van der Waals surface area contributed by atoms with Crippen molar-refractivity contribution >= 4 is 30.6 Å². The number of fused-ring (bicyclic) bond motifs is 3. The molecule has 2 aromatic rings. The Morgan fingerprint density at radius 3 is 2.50 bits per heavy atom. The van der Waals surface area contributed by atoms with E-state index in [2.05, 4.69) is 26.0 Å². The number of aliphatic hydroxyl groups excluding tert-OH is 1. The minimum atomic E-state index is -0.983. The summed E-state index contributed by atoms with van der Waals surface area (Å²) in [6.45, 7) is 4.16. The van der Waals surface area contributed by atoms with Crippen molar-refractivity contribution in [3.63, 3.8) is 0 Å². The quantitative estimate of drug-likeness (QED) is 0.233. The van der Waals surface area contributed by atoms with E-state index in [1.807, 2.05) is 30.3 Å². The van der Waals surface area contributed by atoms with E-state index < -0.39 is 13.0 Å².